The molecule has 0 N–H and O–H groups in total. The Morgan fingerprint density at radius 1 is 0.347 bits per heavy atom. The SMILES string of the molecule is [C-]#[N+]c1c(-n2c3ccc(-c4ccc(C)cc4C)cc3c3cc(-c4ccc(C)cc4C)ccc32)ccc(-c2cc(C)cc(C#N)c2)c1-n1c2ccc(-c3ccc(C)cc3C)cc2c2cc(-c3ccc(C)cc3C)ccc21. The van der Waals surface area contributed by atoms with E-state index in [-0.39, 0.29) is 0 Å². The lowest BCUT2D eigenvalue weighted by atomic mass is 9.95. The number of nitriles is 1. The Labute approximate surface area is 439 Å². The molecule has 0 saturated carbocycles. The normalized spacial score (nSPS) is 11.5. The topological polar surface area (TPSA) is 38.0 Å². The van der Waals surface area contributed by atoms with Gasteiger partial charge in [-0.2, -0.15) is 5.26 Å². The van der Waals surface area contributed by atoms with Crippen LogP contribution in [0, 0.1) is 80.2 Å². The van der Waals surface area contributed by atoms with Crippen LogP contribution in [0.15, 0.2) is 176 Å². The monoisotopic (exact) mass is 964 g/mol. The Morgan fingerprint density at radius 2 is 0.707 bits per heavy atom. The van der Waals surface area contributed by atoms with Crippen LogP contribution < -0.4 is 0 Å². The minimum Gasteiger partial charge on any atom is -0.319 e. The molecule has 0 fully saturated rings. The zero-order valence-electron chi connectivity index (χ0n) is 44.0. The summed E-state index contributed by atoms with van der Waals surface area (Å²) in [6.07, 6.45) is 0. The van der Waals surface area contributed by atoms with Gasteiger partial charge in [-0.15, -0.1) is 0 Å². The maximum Gasteiger partial charge on any atom is 0.234 e. The Morgan fingerprint density at radius 3 is 1.05 bits per heavy atom. The number of nitrogens with zero attached hydrogens (tertiary/aromatic N) is 4. The van der Waals surface area contributed by atoms with Gasteiger partial charge in [0.25, 0.3) is 0 Å². The summed E-state index contributed by atoms with van der Waals surface area (Å²) in [5.74, 6) is 0. The Bertz CT molecular complexity index is 4260. The van der Waals surface area contributed by atoms with Crippen molar-refractivity contribution < 1.29 is 0 Å². The van der Waals surface area contributed by atoms with Crippen molar-refractivity contribution in [3.05, 3.63) is 243 Å². The second-order valence-electron chi connectivity index (χ2n) is 21.0. The Balaban J connectivity index is 1.20. The molecule has 4 nitrogen and oxygen atoms in total. The number of aromatic nitrogens is 2. The van der Waals surface area contributed by atoms with Crippen molar-refractivity contribution in [2.75, 3.05) is 0 Å². The van der Waals surface area contributed by atoms with Gasteiger partial charge >= 0.3 is 0 Å². The summed E-state index contributed by atoms with van der Waals surface area (Å²) < 4.78 is 4.64. The number of hydrogen-bond donors (Lipinski definition) is 0. The number of rotatable bonds is 7. The molecule has 0 aliphatic carbocycles. The molecule has 0 radical (unpaired) electrons. The molecule has 0 saturated heterocycles. The molecule has 10 aromatic carbocycles. The first kappa shape index (κ1) is 46.8. The molecule has 12 rings (SSSR count). The molecule has 2 heterocycles. The van der Waals surface area contributed by atoms with Crippen molar-refractivity contribution in [3.8, 4) is 73.1 Å². The minimum absolute atomic E-state index is 0.513. The quantitative estimate of drug-likeness (QED) is 0.147. The standard InChI is InChI=1S/C71H56N4/c1-41-11-19-56(46(6)29-41)51-15-24-65-61(36-51)62-37-52(57-20-12-42(2)30-47(57)7)16-25-66(62)74(65)69-28-23-60(55-34-45(5)33-50(35-55)40-72)71(70(69)73-10)75-67-26-17-53(58-21-13-43(3)31-48(58)8)38-63(67)64-39-54(18-27-68(64)75)59-22-14-44(4)32-49(59)9/h11-39H,1-9H3. The third-order valence-corrected chi connectivity index (χ3v) is 15.5. The van der Waals surface area contributed by atoms with E-state index in [1.807, 2.05) is 19.1 Å². The summed E-state index contributed by atoms with van der Waals surface area (Å²) in [6.45, 7) is 28.8. The first-order chi connectivity index (χ1) is 36.3. The molecule has 0 bridgehead atoms. The summed E-state index contributed by atoms with van der Waals surface area (Å²) in [5, 5.41) is 14.8. The predicted octanol–water partition coefficient (Wildman–Crippen LogP) is 19.4. The van der Waals surface area contributed by atoms with Crippen molar-refractivity contribution in [2.45, 2.75) is 62.3 Å². The number of hydrogen-bond acceptors (Lipinski definition) is 1. The first-order valence-electron chi connectivity index (χ1n) is 25.8. The van der Waals surface area contributed by atoms with E-state index in [2.05, 4.69) is 239 Å². The molecule has 0 aliphatic rings. The molecule has 12 aromatic rings. The van der Waals surface area contributed by atoms with Gasteiger partial charge in [0.2, 0.25) is 5.69 Å². The van der Waals surface area contributed by atoms with Crippen LogP contribution in [-0.4, -0.2) is 9.13 Å². The van der Waals surface area contributed by atoms with Crippen molar-refractivity contribution in [1.29, 1.82) is 5.26 Å². The lowest BCUT2D eigenvalue weighted by Crippen LogP contribution is -2.03. The lowest BCUT2D eigenvalue weighted by molar-refractivity contribution is 1.14. The molecule has 75 heavy (non-hydrogen) atoms. The summed E-state index contributed by atoms with van der Waals surface area (Å²) in [4.78, 5) is 4.64. The summed E-state index contributed by atoms with van der Waals surface area (Å²) in [5.41, 5.74) is 28.6. The van der Waals surface area contributed by atoms with Gasteiger partial charge in [-0.25, -0.2) is 4.85 Å². The molecule has 4 heteroatoms. The van der Waals surface area contributed by atoms with Gasteiger partial charge in [0.05, 0.1) is 51.6 Å². The lowest BCUT2D eigenvalue weighted by Gasteiger charge is -2.21. The van der Waals surface area contributed by atoms with Crippen LogP contribution in [0.4, 0.5) is 5.69 Å². The fourth-order valence-electron chi connectivity index (χ4n) is 12.1. The van der Waals surface area contributed by atoms with E-state index in [0.29, 0.717) is 11.3 Å². The van der Waals surface area contributed by atoms with E-state index in [1.54, 1.807) is 0 Å². The van der Waals surface area contributed by atoms with Crippen molar-refractivity contribution >= 4 is 49.3 Å². The summed E-state index contributed by atoms with van der Waals surface area (Å²) in [7, 11) is 0. The average Bonchev–Trinajstić information content (AvgIpc) is 3.91. The zero-order chi connectivity index (χ0) is 52.0. The highest BCUT2D eigenvalue weighted by atomic mass is 15.1. The summed E-state index contributed by atoms with van der Waals surface area (Å²) >= 11 is 0. The van der Waals surface area contributed by atoms with Crippen LogP contribution in [0.5, 0.6) is 0 Å². The maximum atomic E-state index is 10.4. The van der Waals surface area contributed by atoms with Crippen LogP contribution in [0.3, 0.4) is 0 Å². The number of fused-ring (bicyclic) bond motifs is 6. The van der Waals surface area contributed by atoms with Crippen LogP contribution in [-0.2, 0) is 0 Å². The fourth-order valence-corrected chi connectivity index (χ4v) is 12.1. The first-order valence-corrected chi connectivity index (χ1v) is 25.8. The molecular formula is C71H56N4. The number of aryl methyl sites for hydroxylation is 9. The second kappa shape index (κ2) is 18.1. The molecule has 360 valence electrons. The largest absolute Gasteiger partial charge is 0.319 e. The molecule has 0 spiro atoms. The third kappa shape index (κ3) is 7.90. The Kier molecular flexibility index (Phi) is 11.3. The predicted molar refractivity (Wildman–Crippen MR) is 316 cm³/mol. The molecule has 2 aromatic heterocycles. The van der Waals surface area contributed by atoms with Crippen LogP contribution in [0.25, 0.3) is 115 Å². The molecule has 0 aliphatic heterocycles. The van der Waals surface area contributed by atoms with Crippen molar-refractivity contribution in [2.24, 2.45) is 0 Å². The van der Waals surface area contributed by atoms with Gasteiger partial charge in [0.1, 0.15) is 0 Å². The van der Waals surface area contributed by atoms with Crippen LogP contribution in [0.1, 0.15) is 55.6 Å². The van der Waals surface area contributed by atoms with E-state index >= 15 is 0 Å². The number of benzene rings is 10. The highest BCUT2D eigenvalue weighted by Gasteiger charge is 2.26. The van der Waals surface area contributed by atoms with E-state index < -0.39 is 0 Å². The molecule has 0 atom stereocenters. The average molecular weight is 965 g/mol. The van der Waals surface area contributed by atoms with Gasteiger partial charge < -0.3 is 9.13 Å². The molecule has 0 unspecified atom stereocenters. The van der Waals surface area contributed by atoms with E-state index in [9.17, 15) is 11.8 Å². The third-order valence-electron chi connectivity index (χ3n) is 15.5. The van der Waals surface area contributed by atoms with Crippen molar-refractivity contribution in [1.82, 2.24) is 9.13 Å². The van der Waals surface area contributed by atoms with E-state index in [1.165, 1.54) is 66.8 Å². The maximum absolute atomic E-state index is 10.4. The highest BCUT2D eigenvalue weighted by molar-refractivity contribution is 6.15. The van der Waals surface area contributed by atoms with Gasteiger partial charge in [0.15, 0.2) is 0 Å². The second-order valence-corrected chi connectivity index (χ2v) is 21.0. The van der Waals surface area contributed by atoms with Gasteiger partial charge in [-0.3, -0.25) is 0 Å². The molecule has 0 amide bonds. The highest BCUT2D eigenvalue weighted by Crippen LogP contribution is 2.48. The smallest absolute Gasteiger partial charge is 0.234 e. The summed E-state index contributed by atoms with van der Waals surface area (Å²) in [6, 6.07) is 66.7. The van der Waals surface area contributed by atoms with Gasteiger partial charge in [-0.05, 0) is 212 Å². The van der Waals surface area contributed by atoms with Gasteiger partial charge in [-0.1, -0.05) is 131 Å². The van der Waals surface area contributed by atoms with Crippen LogP contribution in [0.2, 0.25) is 0 Å². The van der Waals surface area contributed by atoms with E-state index in [4.69, 9.17) is 0 Å². The minimum atomic E-state index is 0.513. The van der Waals surface area contributed by atoms with Gasteiger partial charge in [0, 0.05) is 21.5 Å². The van der Waals surface area contributed by atoms with E-state index in [0.717, 1.165) is 93.9 Å². The van der Waals surface area contributed by atoms with Crippen LogP contribution >= 0.6 is 0 Å². The Hall–Kier alpha value is -9.22. The fraction of sp³-hybridized carbons (Fsp3) is 0.127. The molecular weight excluding hydrogens is 909 g/mol. The van der Waals surface area contributed by atoms with Crippen molar-refractivity contribution in [3.63, 3.8) is 0 Å². The zero-order valence-corrected chi connectivity index (χ0v) is 44.0.